The molecule has 1 aliphatic carbocycles. The van der Waals surface area contributed by atoms with Crippen molar-refractivity contribution in [2.75, 3.05) is 6.26 Å². The first-order chi connectivity index (χ1) is 7.44. The van der Waals surface area contributed by atoms with Crippen LogP contribution in [0.25, 0.3) is 0 Å². The molecule has 1 heterocycles. The van der Waals surface area contributed by atoms with Gasteiger partial charge in [-0.05, 0) is 12.8 Å². The third-order valence-corrected chi connectivity index (χ3v) is 3.03. The van der Waals surface area contributed by atoms with E-state index in [4.69, 9.17) is 10.5 Å². The minimum Gasteiger partial charge on any atom is -0.493 e. The average molecular weight is 245 g/mol. The molecule has 90 valence electrons. The summed E-state index contributed by atoms with van der Waals surface area (Å²) in [5.74, 6) is 0.964. The Morgan fingerprint density at radius 1 is 1.56 bits per heavy atom. The minimum atomic E-state index is -3.29. The number of nitrogens with two attached hydrogens (primary N) is 1. The first-order valence-corrected chi connectivity index (χ1v) is 6.99. The molecule has 1 aliphatic heterocycles. The summed E-state index contributed by atoms with van der Waals surface area (Å²) in [5, 5.41) is 0. The highest BCUT2D eigenvalue weighted by molar-refractivity contribution is 7.88. The number of rotatable bonds is 4. The van der Waals surface area contributed by atoms with Gasteiger partial charge in [-0.2, -0.15) is 0 Å². The van der Waals surface area contributed by atoms with Crippen LogP contribution in [-0.2, 0) is 14.8 Å². The molecule has 1 saturated carbocycles. The van der Waals surface area contributed by atoms with Gasteiger partial charge in [0.2, 0.25) is 10.0 Å². The Balaban J connectivity index is 2.00. The summed E-state index contributed by atoms with van der Waals surface area (Å²) in [6.45, 7) is 0. The molecule has 1 unspecified atom stereocenters. The van der Waals surface area contributed by atoms with Gasteiger partial charge in [-0.15, -0.1) is 0 Å². The highest BCUT2D eigenvalue weighted by atomic mass is 32.2. The van der Waals surface area contributed by atoms with E-state index < -0.39 is 16.1 Å². The molecular formula is C9H15N3O3S. The first-order valence-electron chi connectivity index (χ1n) is 5.10. The predicted octanol–water partition coefficient (Wildman–Crippen LogP) is -0.314. The largest absolute Gasteiger partial charge is 0.493 e. The molecular weight excluding hydrogens is 230 g/mol. The molecule has 0 bridgehead atoms. The number of nitrogens with zero attached hydrogens (tertiary/aromatic N) is 1. The maximum absolute atomic E-state index is 11.1. The lowest BCUT2D eigenvalue weighted by molar-refractivity contribution is 0.183. The highest BCUT2D eigenvalue weighted by Gasteiger charge is 2.28. The maximum atomic E-state index is 11.1. The zero-order valence-corrected chi connectivity index (χ0v) is 9.83. The topological polar surface area (TPSA) is 93.8 Å². The lowest BCUT2D eigenvalue weighted by Crippen LogP contribution is -2.45. The lowest BCUT2D eigenvalue weighted by Gasteiger charge is -2.21. The maximum Gasteiger partial charge on any atom is 0.209 e. The molecule has 0 aromatic rings. The van der Waals surface area contributed by atoms with E-state index in [1.54, 1.807) is 6.20 Å². The fourth-order valence-corrected chi connectivity index (χ4v) is 2.15. The zero-order valence-electron chi connectivity index (χ0n) is 9.01. The van der Waals surface area contributed by atoms with Gasteiger partial charge in [-0.3, -0.25) is 0 Å². The van der Waals surface area contributed by atoms with Gasteiger partial charge in [0.05, 0.1) is 24.6 Å². The first kappa shape index (κ1) is 11.4. The van der Waals surface area contributed by atoms with Crippen LogP contribution in [0.3, 0.4) is 0 Å². The van der Waals surface area contributed by atoms with E-state index >= 15 is 0 Å². The van der Waals surface area contributed by atoms with Crippen LogP contribution in [-0.4, -0.2) is 32.7 Å². The summed E-state index contributed by atoms with van der Waals surface area (Å²) >= 11 is 0. The predicted molar refractivity (Wildman–Crippen MR) is 60.2 cm³/mol. The molecule has 0 saturated heterocycles. The Labute approximate surface area is 94.6 Å². The third kappa shape index (κ3) is 3.21. The van der Waals surface area contributed by atoms with Crippen molar-refractivity contribution in [3.8, 4) is 0 Å². The standard InChI is InChI=1S/C9H15N3O3S/c1-16(13,14)12-8-4-7(5-11-9(8)10)15-6-2-3-6/h5-6,8,12H,2-4H2,1H3,(H2,10,11). The number of hydrogen-bond donors (Lipinski definition) is 2. The number of amidine groups is 1. The third-order valence-electron chi connectivity index (χ3n) is 2.32. The van der Waals surface area contributed by atoms with Crippen molar-refractivity contribution < 1.29 is 13.2 Å². The SMILES string of the molecule is CS(=O)(=O)NC1CC(OC2CC2)=CN=C1N. The Morgan fingerprint density at radius 3 is 2.81 bits per heavy atom. The summed E-state index contributed by atoms with van der Waals surface area (Å²) in [4.78, 5) is 3.94. The molecule has 2 rings (SSSR count). The summed E-state index contributed by atoms with van der Waals surface area (Å²) in [6.07, 6.45) is 5.48. The molecule has 3 N–H and O–H groups in total. The van der Waals surface area contributed by atoms with Crippen LogP contribution < -0.4 is 10.5 Å². The summed E-state index contributed by atoms with van der Waals surface area (Å²) in [6, 6.07) is -0.492. The number of ether oxygens (including phenoxy) is 1. The number of sulfonamides is 1. The molecule has 6 nitrogen and oxygen atoms in total. The molecule has 1 atom stereocenters. The van der Waals surface area contributed by atoms with Gasteiger partial charge in [0.25, 0.3) is 0 Å². The smallest absolute Gasteiger partial charge is 0.209 e. The second kappa shape index (κ2) is 4.06. The van der Waals surface area contributed by atoms with E-state index in [-0.39, 0.29) is 11.9 Å². The van der Waals surface area contributed by atoms with Crippen LogP contribution in [0.5, 0.6) is 0 Å². The van der Waals surface area contributed by atoms with Crippen LogP contribution in [0.2, 0.25) is 0 Å². The van der Waals surface area contributed by atoms with E-state index in [0.29, 0.717) is 12.2 Å². The summed E-state index contributed by atoms with van der Waals surface area (Å²) in [7, 11) is -3.29. The van der Waals surface area contributed by atoms with Gasteiger partial charge in [0.15, 0.2) is 0 Å². The van der Waals surface area contributed by atoms with Gasteiger partial charge in [0.1, 0.15) is 11.6 Å². The summed E-state index contributed by atoms with van der Waals surface area (Å²) in [5.41, 5.74) is 5.62. The number of nitrogens with one attached hydrogen (secondary N) is 1. The van der Waals surface area contributed by atoms with E-state index in [2.05, 4.69) is 9.71 Å². The molecule has 2 aliphatic rings. The molecule has 16 heavy (non-hydrogen) atoms. The highest BCUT2D eigenvalue weighted by Crippen LogP contribution is 2.28. The van der Waals surface area contributed by atoms with Crippen molar-refractivity contribution in [2.24, 2.45) is 10.7 Å². The quantitative estimate of drug-likeness (QED) is 0.710. The molecule has 0 aromatic carbocycles. The fraction of sp³-hybridized carbons (Fsp3) is 0.667. The lowest BCUT2D eigenvalue weighted by atomic mass is 10.1. The summed E-state index contributed by atoms with van der Waals surface area (Å²) < 4.78 is 30.2. The molecule has 7 heteroatoms. The minimum absolute atomic E-state index is 0.272. The molecule has 0 radical (unpaired) electrons. The van der Waals surface area contributed by atoms with Crippen LogP contribution >= 0.6 is 0 Å². The van der Waals surface area contributed by atoms with Crippen LogP contribution in [0.1, 0.15) is 19.3 Å². The van der Waals surface area contributed by atoms with Crippen molar-refractivity contribution in [2.45, 2.75) is 31.4 Å². The van der Waals surface area contributed by atoms with E-state index in [1.165, 1.54) is 0 Å². The second-order valence-electron chi connectivity index (χ2n) is 4.11. The van der Waals surface area contributed by atoms with Crippen molar-refractivity contribution in [3.05, 3.63) is 12.0 Å². The Hall–Kier alpha value is -1.08. The zero-order chi connectivity index (χ0) is 11.8. The number of aliphatic imine (C=N–C) groups is 1. The normalized spacial score (nSPS) is 25.9. The van der Waals surface area contributed by atoms with Crippen LogP contribution in [0.15, 0.2) is 17.0 Å². The Kier molecular flexibility index (Phi) is 2.90. The fourth-order valence-electron chi connectivity index (χ4n) is 1.43. The van der Waals surface area contributed by atoms with Crippen molar-refractivity contribution >= 4 is 15.9 Å². The van der Waals surface area contributed by atoms with Crippen LogP contribution in [0, 0.1) is 0 Å². The number of hydrogen-bond acceptors (Lipinski definition) is 5. The van der Waals surface area contributed by atoms with Gasteiger partial charge >= 0.3 is 0 Å². The van der Waals surface area contributed by atoms with Crippen LogP contribution in [0.4, 0.5) is 0 Å². The molecule has 0 aromatic heterocycles. The molecule has 1 fully saturated rings. The monoisotopic (exact) mass is 245 g/mol. The van der Waals surface area contributed by atoms with Gasteiger partial charge < -0.3 is 10.5 Å². The molecule has 0 spiro atoms. The molecule has 0 amide bonds. The van der Waals surface area contributed by atoms with E-state index in [1.807, 2.05) is 0 Å². The van der Waals surface area contributed by atoms with Crippen molar-refractivity contribution in [3.63, 3.8) is 0 Å². The second-order valence-corrected chi connectivity index (χ2v) is 5.89. The van der Waals surface area contributed by atoms with E-state index in [9.17, 15) is 8.42 Å². The average Bonchev–Trinajstić information content (AvgIpc) is 2.92. The Morgan fingerprint density at radius 2 is 2.25 bits per heavy atom. The van der Waals surface area contributed by atoms with Crippen molar-refractivity contribution in [1.82, 2.24) is 4.72 Å². The van der Waals surface area contributed by atoms with E-state index in [0.717, 1.165) is 19.1 Å². The van der Waals surface area contributed by atoms with Gasteiger partial charge in [-0.25, -0.2) is 18.1 Å². The van der Waals surface area contributed by atoms with Gasteiger partial charge in [-0.1, -0.05) is 0 Å². The van der Waals surface area contributed by atoms with Crippen molar-refractivity contribution in [1.29, 1.82) is 0 Å². The van der Waals surface area contributed by atoms with Gasteiger partial charge in [0, 0.05) is 6.42 Å². The Bertz CT molecular complexity index is 437.